The Morgan fingerprint density at radius 2 is 2.11 bits per heavy atom. The summed E-state index contributed by atoms with van der Waals surface area (Å²) in [6.07, 6.45) is 9.36. The van der Waals surface area contributed by atoms with E-state index in [-0.39, 0.29) is 35.2 Å². The van der Waals surface area contributed by atoms with Crippen LogP contribution in [0.4, 0.5) is 0 Å². The van der Waals surface area contributed by atoms with Gasteiger partial charge in [-0.05, 0) is 56.8 Å². The van der Waals surface area contributed by atoms with Crippen molar-refractivity contribution in [2.75, 3.05) is 5.75 Å². The van der Waals surface area contributed by atoms with Crippen LogP contribution in [0.1, 0.15) is 64.3 Å². The number of nitrogens with one attached hydrogen (secondary N) is 1. The fourth-order valence-corrected chi connectivity index (χ4v) is 6.38. The molecule has 0 saturated heterocycles. The van der Waals surface area contributed by atoms with E-state index in [1.54, 1.807) is 4.57 Å². The molecule has 148 valence electrons. The Bertz CT molecular complexity index is 759. The monoisotopic (exact) mass is 391 g/mol. The van der Waals surface area contributed by atoms with Crippen LogP contribution in [-0.4, -0.2) is 32.4 Å². The van der Waals surface area contributed by atoms with Crippen LogP contribution in [0.25, 0.3) is 0 Å². The Morgan fingerprint density at radius 1 is 1.33 bits per heavy atom. The number of hydrogen-bond acceptors (Lipinski definition) is 5. The van der Waals surface area contributed by atoms with Crippen LogP contribution in [0, 0.1) is 17.8 Å². The van der Waals surface area contributed by atoms with Gasteiger partial charge in [-0.25, -0.2) is 0 Å². The van der Waals surface area contributed by atoms with Gasteiger partial charge < -0.3 is 10.4 Å². The number of amides is 1. The SMILES string of the molecule is C[C@@H](NC(=O)CSc1nc(O)cc(=O)n1C1CCCC1)[C@@H]1C[C@H]2CC[C@H]1C2. The summed E-state index contributed by atoms with van der Waals surface area (Å²) >= 11 is 1.25. The molecule has 0 radical (unpaired) electrons. The van der Waals surface area contributed by atoms with E-state index in [4.69, 9.17) is 0 Å². The number of aromatic hydroxyl groups is 1. The molecule has 27 heavy (non-hydrogen) atoms. The van der Waals surface area contributed by atoms with Crippen LogP contribution >= 0.6 is 11.8 Å². The Hall–Kier alpha value is -1.50. The maximum Gasteiger partial charge on any atom is 0.258 e. The summed E-state index contributed by atoms with van der Waals surface area (Å²) in [6, 6.07) is 1.49. The van der Waals surface area contributed by atoms with Gasteiger partial charge in [0.15, 0.2) is 5.16 Å². The molecule has 1 aromatic rings. The molecule has 3 aliphatic carbocycles. The Balaban J connectivity index is 1.38. The summed E-state index contributed by atoms with van der Waals surface area (Å²) in [7, 11) is 0. The van der Waals surface area contributed by atoms with Crippen molar-refractivity contribution in [1.29, 1.82) is 0 Å². The van der Waals surface area contributed by atoms with Crippen LogP contribution in [0.3, 0.4) is 0 Å². The van der Waals surface area contributed by atoms with Crippen LogP contribution < -0.4 is 10.9 Å². The molecule has 6 nitrogen and oxygen atoms in total. The van der Waals surface area contributed by atoms with Crippen LogP contribution in [-0.2, 0) is 4.79 Å². The van der Waals surface area contributed by atoms with Crippen molar-refractivity contribution in [1.82, 2.24) is 14.9 Å². The highest BCUT2D eigenvalue weighted by atomic mass is 32.2. The maximum absolute atomic E-state index is 12.5. The van der Waals surface area contributed by atoms with Crippen molar-refractivity contribution in [2.24, 2.45) is 17.8 Å². The number of hydrogen-bond donors (Lipinski definition) is 2. The topological polar surface area (TPSA) is 84.2 Å². The van der Waals surface area contributed by atoms with E-state index < -0.39 is 0 Å². The Morgan fingerprint density at radius 3 is 2.78 bits per heavy atom. The first-order valence-corrected chi connectivity index (χ1v) is 11.2. The highest BCUT2D eigenvalue weighted by Crippen LogP contribution is 2.49. The summed E-state index contributed by atoms with van der Waals surface area (Å²) in [5.41, 5.74) is -0.229. The summed E-state index contributed by atoms with van der Waals surface area (Å²) < 4.78 is 1.67. The van der Waals surface area contributed by atoms with Crippen molar-refractivity contribution in [3.63, 3.8) is 0 Å². The van der Waals surface area contributed by atoms with Gasteiger partial charge in [-0.3, -0.25) is 14.2 Å². The molecule has 0 unspecified atom stereocenters. The van der Waals surface area contributed by atoms with Crippen molar-refractivity contribution >= 4 is 17.7 Å². The van der Waals surface area contributed by atoms with Gasteiger partial charge in [-0.1, -0.05) is 31.0 Å². The maximum atomic E-state index is 12.5. The normalized spacial score (nSPS) is 28.6. The standard InChI is InChI=1S/C20H29N3O3S/c1-12(16-9-13-6-7-14(16)8-13)21-18(25)11-27-20-22-17(24)10-19(26)23(20)15-4-2-3-5-15/h10,12-16,24H,2-9,11H2,1H3,(H,21,25)/t12-,13+,14+,16+/m1/s1. The third-order valence-electron chi connectivity index (χ3n) is 6.75. The summed E-state index contributed by atoms with van der Waals surface area (Å²) in [5.74, 6) is 2.17. The predicted octanol–water partition coefficient (Wildman–Crippen LogP) is 3.10. The Kier molecular flexibility index (Phi) is 5.48. The lowest BCUT2D eigenvalue weighted by Gasteiger charge is -2.28. The second kappa shape index (κ2) is 7.86. The average Bonchev–Trinajstić information content (AvgIpc) is 3.37. The van der Waals surface area contributed by atoms with Gasteiger partial charge >= 0.3 is 0 Å². The molecule has 3 saturated carbocycles. The molecule has 2 N–H and O–H groups in total. The van der Waals surface area contributed by atoms with Gasteiger partial charge in [0.1, 0.15) is 0 Å². The lowest BCUT2D eigenvalue weighted by Crippen LogP contribution is -2.41. The van der Waals surface area contributed by atoms with E-state index >= 15 is 0 Å². The number of fused-ring (bicyclic) bond motifs is 2. The molecule has 0 aliphatic heterocycles. The molecule has 4 rings (SSSR count). The number of nitrogens with zero attached hydrogens (tertiary/aromatic N) is 2. The molecule has 1 aromatic heterocycles. The minimum absolute atomic E-state index is 0.0224. The van der Waals surface area contributed by atoms with E-state index in [2.05, 4.69) is 17.2 Å². The summed E-state index contributed by atoms with van der Waals surface area (Å²) in [6.45, 7) is 2.12. The molecule has 1 amide bonds. The molecule has 3 fully saturated rings. The lowest BCUT2D eigenvalue weighted by molar-refractivity contribution is -0.119. The quantitative estimate of drug-likeness (QED) is 0.575. The van der Waals surface area contributed by atoms with Crippen molar-refractivity contribution in [3.05, 3.63) is 16.4 Å². The smallest absolute Gasteiger partial charge is 0.258 e. The van der Waals surface area contributed by atoms with E-state index in [0.717, 1.165) is 37.5 Å². The molecular formula is C20H29N3O3S. The Labute approximate surface area is 164 Å². The van der Waals surface area contributed by atoms with Crippen LogP contribution in [0.2, 0.25) is 0 Å². The summed E-state index contributed by atoms with van der Waals surface area (Å²) in [4.78, 5) is 29.0. The molecule has 1 heterocycles. The molecule has 2 bridgehead atoms. The minimum atomic E-state index is -0.271. The summed E-state index contributed by atoms with van der Waals surface area (Å²) in [5, 5.41) is 13.3. The van der Waals surface area contributed by atoms with Gasteiger partial charge in [0, 0.05) is 12.1 Å². The van der Waals surface area contributed by atoms with Crippen LogP contribution in [0.5, 0.6) is 5.88 Å². The van der Waals surface area contributed by atoms with E-state index in [9.17, 15) is 14.7 Å². The fourth-order valence-electron chi connectivity index (χ4n) is 5.50. The highest BCUT2D eigenvalue weighted by Gasteiger charge is 2.42. The van der Waals surface area contributed by atoms with E-state index in [1.165, 1.54) is 43.5 Å². The van der Waals surface area contributed by atoms with E-state index in [0.29, 0.717) is 11.1 Å². The van der Waals surface area contributed by atoms with Crippen LogP contribution in [0.15, 0.2) is 16.0 Å². The van der Waals surface area contributed by atoms with Crippen molar-refractivity contribution in [3.8, 4) is 5.88 Å². The molecule has 7 heteroatoms. The van der Waals surface area contributed by atoms with Gasteiger partial charge in [0.25, 0.3) is 5.56 Å². The average molecular weight is 392 g/mol. The van der Waals surface area contributed by atoms with E-state index in [1.807, 2.05) is 0 Å². The largest absolute Gasteiger partial charge is 0.493 e. The van der Waals surface area contributed by atoms with Gasteiger partial charge in [-0.2, -0.15) is 4.98 Å². The molecular weight excluding hydrogens is 362 g/mol. The molecule has 4 atom stereocenters. The highest BCUT2D eigenvalue weighted by molar-refractivity contribution is 7.99. The fraction of sp³-hybridized carbons (Fsp3) is 0.750. The van der Waals surface area contributed by atoms with Crippen molar-refractivity contribution in [2.45, 2.75) is 75.5 Å². The zero-order chi connectivity index (χ0) is 19.0. The first kappa shape index (κ1) is 18.8. The van der Waals surface area contributed by atoms with Gasteiger partial charge in [0.2, 0.25) is 11.8 Å². The van der Waals surface area contributed by atoms with Crippen molar-refractivity contribution < 1.29 is 9.90 Å². The first-order valence-electron chi connectivity index (χ1n) is 10.3. The number of aromatic nitrogens is 2. The third-order valence-corrected chi connectivity index (χ3v) is 7.70. The van der Waals surface area contributed by atoms with Gasteiger partial charge in [-0.15, -0.1) is 0 Å². The second-order valence-electron chi connectivity index (χ2n) is 8.53. The predicted molar refractivity (Wildman–Crippen MR) is 105 cm³/mol. The number of thioether (sulfide) groups is 1. The minimum Gasteiger partial charge on any atom is -0.493 e. The number of carbonyl (C=O) groups excluding carboxylic acids is 1. The molecule has 3 aliphatic rings. The zero-order valence-electron chi connectivity index (χ0n) is 15.9. The second-order valence-corrected chi connectivity index (χ2v) is 9.47. The lowest BCUT2D eigenvalue weighted by atomic mass is 9.84. The zero-order valence-corrected chi connectivity index (χ0v) is 16.7. The first-order chi connectivity index (χ1) is 13.0. The van der Waals surface area contributed by atoms with Gasteiger partial charge in [0.05, 0.1) is 11.8 Å². The number of carbonyl (C=O) groups is 1. The number of rotatable bonds is 6. The third kappa shape index (κ3) is 4.03. The molecule has 0 spiro atoms. The molecule has 0 aromatic carbocycles.